The number of carbonyl (C=O) groups excluding carboxylic acids is 2. The third kappa shape index (κ3) is 4.51. The molecule has 1 unspecified atom stereocenters. The Morgan fingerprint density at radius 2 is 1.97 bits per heavy atom. The molecule has 9 nitrogen and oxygen atoms in total. The summed E-state index contributed by atoms with van der Waals surface area (Å²) in [5.74, 6) is -2.40. The molecule has 0 spiro atoms. The summed E-state index contributed by atoms with van der Waals surface area (Å²) in [6.45, 7) is 2.52. The Kier molecular flexibility index (Phi) is 6.24. The number of carbonyl (C=O) groups is 2. The fraction of sp³-hybridized carbons (Fsp3) is 0.333. The van der Waals surface area contributed by atoms with E-state index in [1.54, 1.807) is 12.1 Å². The summed E-state index contributed by atoms with van der Waals surface area (Å²) >= 11 is 6.14. The van der Waals surface area contributed by atoms with E-state index < -0.39 is 22.3 Å². The van der Waals surface area contributed by atoms with Gasteiger partial charge in [0.2, 0.25) is 17.6 Å². The standard InChI is InChI=1S/C21H20ClFN4O5/c22-14-1-4-18(25-5-7-32-8-6-25)17(10-14)24-21(29)13-9-20(28)26(12-13)15-2-3-16(23)19(11-15)27(30)31/h1-4,10-11,13H,5-9,12H2,(H,24,29). The van der Waals surface area contributed by atoms with Crippen LogP contribution in [-0.4, -0.2) is 49.6 Å². The van der Waals surface area contributed by atoms with E-state index in [9.17, 15) is 24.1 Å². The number of rotatable bonds is 5. The van der Waals surface area contributed by atoms with Gasteiger partial charge >= 0.3 is 5.69 Å². The van der Waals surface area contributed by atoms with Crippen LogP contribution < -0.4 is 15.1 Å². The van der Waals surface area contributed by atoms with Crippen LogP contribution in [0.4, 0.5) is 27.1 Å². The number of hydrogen-bond acceptors (Lipinski definition) is 6. The molecule has 2 saturated heterocycles. The number of nitro groups is 1. The predicted molar refractivity (Wildman–Crippen MR) is 117 cm³/mol. The van der Waals surface area contributed by atoms with Gasteiger partial charge in [-0.05, 0) is 30.3 Å². The van der Waals surface area contributed by atoms with Crippen molar-refractivity contribution in [2.75, 3.05) is 48.0 Å². The van der Waals surface area contributed by atoms with Crippen molar-refractivity contribution >= 4 is 46.2 Å². The molecular formula is C21H20ClFN4O5. The molecule has 1 N–H and O–H groups in total. The van der Waals surface area contributed by atoms with Crippen LogP contribution >= 0.6 is 11.6 Å². The number of anilines is 3. The summed E-state index contributed by atoms with van der Waals surface area (Å²) in [5.41, 5.74) is 0.793. The maximum Gasteiger partial charge on any atom is 0.306 e. The average Bonchev–Trinajstić information content (AvgIpc) is 3.16. The molecule has 11 heteroatoms. The number of nitrogens with zero attached hydrogens (tertiary/aromatic N) is 3. The van der Waals surface area contributed by atoms with E-state index in [4.69, 9.17) is 16.3 Å². The zero-order chi connectivity index (χ0) is 22.8. The highest BCUT2D eigenvalue weighted by Gasteiger charge is 2.36. The number of amides is 2. The van der Waals surface area contributed by atoms with Gasteiger partial charge in [0.15, 0.2) is 0 Å². The van der Waals surface area contributed by atoms with E-state index in [1.165, 1.54) is 11.0 Å². The highest BCUT2D eigenvalue weighted by Crippen LogP contribution is 2.33. The Balaban J connectivity index is 1.51. The smallest absolute Gasteiger partial charge is 0.306 e. The lowest BCUT2D eigenvalue weighted by molar-refractivity contribution is -0.387. The molecule has 0 aromatic heterocycles. The second-order valence-corrected chi connectivity index (χ2v) is 7.98. The largest absolute Gasteiger partial charge is 0.378 e. The van der Waals surface area contributed by atoms with E-state index in [2.05, 4.69) is 10.2 Å². The minimum Gasteiger partial charge on any atom is -0.378 e. The van der Waals surface area contributed by atoms with Gasteiger partial charge in [0.05, 0.1) is 41.1 Å². The number of nitro benzene ring substituents is 1. The molecule has 0 bridgehead atoms. The lowest BCUT2D eigenvalue weighted by atomic mass is 10.1. The molecule has 1 atom stereocenters. The number of halogens is 2. The Morgan fingerprint density at radius 3 is 2.69 bits per heavy atom. The van der Waals surface area contributed by atoms with Gasteiger partial charge in [0.25, 0.3) is 0 Å². The lowest BCUT2D eigenvalue weighted by Gasteiger charge is -2.30. The third-order valence-corrected chi connectivity index (χ3v) is 5.74. The molecule has 2 aromatic rings. The fourth-order valence-corrected chi connectivity index (χ4v) is 4.04. The van der Waals surface area contributed by atoms with Crippen molar-refractivity contribution in [3.05, 3.63) is 57.4 Å². The van der Waals surface area contributed by atoms with Gasteiger partial charge in [-0.3, -0.25) is 19.7 Å². The summed E-state index contributed by atoms with van der Waals surface area (Å²) in [5, 5.41) is 14.3. The Labute approximate surface area is 187 Å². The topological polar surface area (TPSA) is 105 Å². The van der Waals surface area contributed by atoms with Crippen molar-refractivity contribution < 1.29 is 23.6 Å². The number of ether oxygens (including phenoxy) is 1. The Morgan fingerprint density at radius 1 is 1.22 bits per heavy atom. The lowest BCUT2D eigenvalue weighted by Crippen LogP contribution is -2.37. The molecule has 2 aromatic carbocycles. The van der Waals surface area contributed by atoms with Crippen LogP contribution in [0.3, 0.4) is 0 Å². The van der Waals surface area contributed by atoms with Gasteiger partial charge in [0, 0.05) is 37.1 Å². The molecule has 2 amide bonds. The summed E-state index contributed by atoms with van der Waals surface area (Å²) in [7, 11) is 0. The van der Waals surface area contributed by atoms with Crippen molar-refractivity contribution in [2.45, 2.75) is 6.42 Å². The van der Waals surface area contributed by atoms with Gasteiger partial charge < -0.3 is 19.9 Å². The van der Waals surface area contributed by atoms with Crippen LogP contribution in [0.5, 0.6) is 0 Å². The molecule has 0 radical (unpaired) electrons. The first-order valence-electron chi connectivity index (χ1n) is 10.0. The Hall–Kier alpha value is -3.24. The predicted octanol–water partition coefficient (Wildman–Crippen LogP) is 3.22. The maximum atomic E-state index is 13.6. The molecule has 4 rings (SSSR count). The zero-order valence-electron chi connectivity index (χ0n) is 16.9. The minimum atomic E-state index is -0.990. The zero-order valence-corrected chi connectivity index (χ0v) is 17.7. The van der Waals surface area contributed by atoms with Crippen molar-refractivity contribution in [1.82, 2.24) is 0 Å². The molecule has 2 aliphatic rings. The SMILES string of the molecule is O=C(Nc1cc(Cl)ccc1N1CCOCC1)C1CC(=O)N(c2ccc(F)c([N+](=O)[O-])c2)C1. The van der Waals surface area contributed by atoms with Crippen LogP contribution in [0, 0.1) is 21.8 Å². The van der Waals surface area contributed by atoms with E-state index in [1.807, 2.05) is 6.07 Å². The number of nitrogens with one attached hydrogen (secondary N) is 1. The molecule has 2 fully saturated rings. The summed E-state index contributed by atoms with van der Waals surface area (Å²) in [6.07, 6.45) is -0.0650. The van der Waals surface area contributed by atoms with Gasteiger partial charge in [0.1, 0.15) is 0 Å². The quantitative estimate of drug-likeness (QED) is 0.540. The third-order valence-electron chi connectivity index (χ3n) is 5.50. The fourth-order valence-electron chi connectivity index (χ4n) is 3.86. The van der Waals surface area contributed by atoms with Crippen LogP contribution in [0.1, 0.15) is 6.42 Å². The van der Waals surface area contributed by atoms with Gasteiger partial charge in [-0.15, -0.1) is 0 Å². The number of benzene rings is 2. The minimum absolute atomic E-state index is 0.0287. The van der Waals surface area contributed by atoms with E-state index in [0.29, 0.717) is 37.0 Å². The van der Waals surface area contributed by atoms with Crippen LogP contribution in [-0.2, 0) is 14.3 Å². The van der Waals surface area contributed by atoms with Crippen molar-refractivity contribution in [2.24, 2.45) is 5.92 Å². The first kappa shape index (κ1) is 22.0. The van der Waals surface area contributed by atoms with E-state index in [0.717, 1.165) is 17.8 Å². The summed E-state index contributed by atoms with van der Waals surface area (Å²) in [4.78, 5) is 39.0. The van der Waals surface area contributed by atoms with Crippen LogP contribution in [0.2, 0.25) is 5.02 Å². The second-order valence-electron chi connectivity index (χ2n) is 7.55. The first-order valence-corrected chi connectivity index (χ1v) is 10.4. The highest BCUT2D eigenvalue weighted by atomic mass is 35.5. The highest BCUT2D eigenvalue weighted by molar-refractivity contribution is 6.31. The molecule has 32 heavy (non-hydrogen) atoms. The molecule has 0 saturated carbocycles. The molecule has 2 heterocycles. The normalized spacial score (nSPS) is 18.7. The van der Waals surface area contributed by atoms with Gasteiger partial charge in [-0.1, -0.05) is 11.6 Å². The van der Waals surface area contributed by atoms with Gasteiger partial charge in [-0.25, -0.2) is 0 Å². The summed E-state index contributed by atoms with van der Waals surface area (Å²) < 4.78 is 19.0. The van der Waals surface area contributed by atoms with E-state index >= 15 is 0 Å². The van der Waals surface area contributed by atoms with E-state index in [-0.39, 0.29) is 30.5 Å². The average molecular weight is 463 g/mol. The van der Waals surface area contributed by atoms with Gasteiger partial charge in [-0.2, -0.15) is 4.39 Å². The van der Waals surface area contributed by atoms with Crippen molar-refractivity contribution in [1.29, 1.82) is 0 Å². The first-order chi connectivity index (χ1) is 15.3. The molecule has 168 valence electrons. The van der Waals surface area contributed by atoms with Crippen molar-refractivity contribution in [3.8, 4) is 0 Å². The maximum absolute atomic E-state index is 13.6. The van der Waals surface area contributed by atoms with Crippen molar-refractivity contribution in [3.63, 3.8) is 0 Å². The monoisotopic (exact) mass is 462 g/mol. The number of hydrogen-bond donors (Lipinski definition) is 1. The Bertz CT molecular complexity index is 1080. The molecular weight excluding hydrogens is 443 g/mol. The molecule has 0 aliphatic carbocycles. The van der Waals surface area contributed by atoms with Crippen LogP contribution in [0.15, 0.2) is 36.4 Å². The second kappa shape index (κ2) is 9.09. The summed E-state index contributed by atoms with van der Waals surface area (Å²) in [6, 6.07) is 8.45. The van der Waals surface area contributed by atoms with Crippen LogP contribution in [0.25, 0.3) is 0 Å². The number of morpholine rings is 1. The molecule has 2 aliphatic heterocycles.